The monoisotopic (exact) mass is 372 g/mol. The molecular formula is C12H10Br2N2S. The van der Waals surface area contributed by atoms with Gasteiger partial charge in [0.15, 0.2) is 0 Å². The van der Waals surface area contributed by atoms with Gasteiger partial charge in [0.2, 0.25) is 0 Å². The molecule has 0 aliphatic carbocycles. The Morgan fingerprint density at radius 3 is 2.41 bits per heavy atom. The van der Waals surface area contributed by atoms with Crippen LogP contribution >= 0.6 is 43.6 Å². The maximum absolute atomic E-state index is 5.84. The Bertz CT molecular complexity index is 558. The van der Waals surface area contributed by atoms with Crippen molar-refractivity contribution in [3.05, 3.63) is 45.3 Å². The summed E-state index contributed by atoms with van der Waals surface area (Å²) in [6, 6.07) is 11.6. The molecule has 2 nitrogen and oxygen atoms in total. The van der Waals surface area contributed by atoms with Gasteiger partial charge in [0.1, 0.15) is 0 Å². The van der Waals surface area contributed by atoms with Crippen LogP contribution < -0.4 is 11.5 Å². The molecule has 0 bridgehead atoms. The second kappa shape index (κ2) is 5.33. The van der Waals surface area contributed by atoms with Gasteiger partial charge in [-0.25, -0.2) is 0 Å². The van der Waals surface area contributed by atoms with Gasteiger partial charge in [-0.15, -0.1) is 0 Å². The number of hydrogen-bond donors (Lipinski definition) is 2. The molecule has 0 aliphatic rings. The second-order valence-corrected chi connectivity index (χ2v) is 6.18. The molecule has 4 N–H and O–H groups in total. The highest BCUT2D eigenvalue weighted by atomic mass is 79.9. The summed E-state index contributed by atoms with van der Waals surface area (Å²) in [5, 5.41) is 0. The summed E-state index contributed by atoms with van der Waals surface area (Å²) >= 11 is 8.63. The lowest BCUT2D eigenvalue weighted by molar-refractivity contribution is 1.35. The van der Waals surface area contributed by atoms with E-state index in [-0.39, 0.29) is 0 Å². The lowest BCUT2D eigenvalue weighted by atomic mass is 10.3. The van der Waals surface area contributed by atoms with E-state index in [0.29, 0.717) is 0 Å². The van der Waals surface area contributed by atoms with Crippen LogP contribution in [0.2, 0.25) is 0 Å². The standard InChI is InChI=1S/C12H10Br2N2S/c13-8-6-7(15)4-5-10(8)17-11-3-1-2-9(16)12(11)14/h1-6H,15-16H2. The quantitative estimate of drug-likeness (QED) is 0.760. The molecule has 2 aromatic rings. The van der Waals surface area contributed by atoms with Crippen LogP contribution in [0.5, 0.6) is 0 Å². The van der Waals surface area contributed by atoms with Crippen molar-refractivity contribution in [1.82, 2.24) is 0 Å². The van der Waals surface area contributed by atoms with E-state index in [4.69, 9.17) is 11.5 Å². The fraction of sp³-hybridized carbons (Fsp3) is 0. The number of benzene rings is 2. The number of anilines is 2. The maximum Gasteiger partial charge on any atom is 0.0544 e. The van der Waals surface area contributed by atoms with Crippen LogP contribution in [0.25, 0.3) is 0 Å². The molecule has 5 heteroatoms. The topological polar surface area (TPSA) is 52.0 Å². The van der Waals surface area contributed by atoms with Crippen molar-refractivity contribution in [2.75, 3.05) is 11.5 Å². The fourth-order valence-corrected chi connectivity index (χ4v) is 3.35. The van der Waals surface area contributed by atoms with Gasteiger partial charge in [-0.3, -0.25) is 0 Å². The van der Waals surface area contributed by atoms with Gasteiger partial charge in [0.05, 0.1) is 4.47 Å². The largest absolute Gasteiger partial charge is 0.399 e. The molecule has 17 heavy (non-hydrogen) atoms. The predicted molar refractivity (Wildman–Crippen MR) is 81.2 cm³/mol. The summed E-state index contributed by atoms with van der Waals surface area (Å²) in [4.78, 5) is 2.18. The van der Waals surface area contributed by atoms with Gasteiger partial charge in [-0.1, -0.05) is 17.8 Å². The molecule has 0 heterocycles. The highest BCUT2D eigenvalue weighted by Crippen LogP contribution is 2.39. The minimum atomic E-state index is 0.738. The van der Waals surface area contributed by atoms with Crippen molar-refractivity contribution in [1.29, 1.82) is 0 Å². The molecule has 0 spiro atoms. The third-order valence-corrected chi connectivity index (χ3v) is 5.37. The Balaban J connectivity index is 2.35. The average molecular weight is 374 g/mol. The molecule has 0 aromatic heterocycles. The Labute approximate surface area is 121 Å². The summed E-state index contributed by atoms with van der Waals surface area (Å²) in [6.45, 7) is 0. The van der Waals surface area contributed by atoms with E-state index in [1.807, 2.05) is 36.4 Å². The first-order valence-electron chi connectivity index (χ1n) is 4.85. The summed E-state index contributed by atoms with van der Waals surface area (Å²) in [5.41, 5.74) is 13.0. The molecule has 0 amide bonds. The zero-order valence-corrected chi connectivity index (χ0v) is 12.8. The number of nitrogen functional groups attached to an aromatic ring is 2. The van der Waals surface area contributed by atoms with E-state index in [1.165, 1.54) is 0 Å². The third-order valence-electron chi connectivity index (χ3n) is 2.17. The summed E-state index contributed by atoms with van der Waals surface area (Å²) in [6.07, 6.45) is 0. The van der Waals surface area contributed by atoms with Crippen LogP contribution in [0.15, 0.2) is 55.1 Å². The molecule has 0 unspecified atom stereocenters. The predicted octanol–water partition coefficient (Wildman–Crippen LogP) is 4.53. The first-order chi connectivity index (χ1) is 8.08. The Morgan fingerprint density at radius 1 is 0.941 bits per heavy atom. The number of halogens is 2. The molecule has 0 radical (unpaired) electrons. The number of nitrogens with two attached hydrogens (primary N) is 2. The first kappa shape index (κ1) is 12.8. The molecule has 0 saturated carbocycles. The van der Waals surface area contributed by atoms with Crippen LogP contribution in [0.1, 0.15) is 0 Å². The highest BCUT2D eigenvalue weighted by Gasteiger charge is 2.07. The average Bonchev–Trinajstić information content (AvgIpc) is 2.28. The Morgan fingerprint density at radius 2 is 1.71 bits per heavy atom. The number of rotatable bonds is 2. The lowest BCUT2D eigenvalue weighted by Crippen LogP contribution is -1.88. The van der Waals surface area contributed by atoms with E-state index < -0.39 is 0 Å². The minimum absolute atomic E-state index is 0.738. The van der Waals surface area contributed by atoms with Gasteiger partial charge in [-0.2, -0.15) is 0 Å². The molecule has 0 atom stereocenters. The van der Waals surface area contributed by atoms with E-state index >= 15 is 0 Å². The van der Waals surface area contributed by atoms with Crippen LogP contribution in [0.3, 0.4) is 0 Å². The van der Waals surface area contributed by atoms with Crippen molar-refractivity contribution in [3.63, 3.8) is 0 Å². The van der Waals surface area contributed by atoms with Crippen molar-refractivity contribution < 1.29 is 0 Å². The Hall–Kier alpha value is -0.650. The highest BCUT2D eigenvalue weighted by molar-refractivity contribution is 9.11. The van der Waals surface area contributed by atoms with Crippen molar-refractivity contribution in [2.24, 2.45) is 0 Å². The SMILES string of the molecule is Nc1ccc(Sc2cccc(N)c2Br)c(Br)c1. The van der Waals surface area contributed by atoms with E-state index in [2.05, 4.69) is 31.9 Å². The van der Waals surface area contributed by atoms with E-state index in [9.17, 15) is 0 Å². The van der Waals surface area contributed by atoms with E-state index in [1.54, 1.807) is 11.8 Å². The Kier molecular flexibility index (Phi) is 4.01. The lowest BCUT2D eigenvalue weighted by Gasteiger charge is -2.08. The van der Waals surface area contributed by atoms with Crippen LogP contribution in [-0.4, -0.2) is 0 Å². The molecule has 88 valence electrons. The number of hydrogen-bond acceptors (Lipinski definition) is 3. The smallest absolute Gasteiger partial charge is 0.0544 e. The molecule has 0 saturated heterocycles. The van der Waals surface area contributed by atoms with E-state index in [0.717, 1.165) is 30.1 Å². The third kappa shape index (κ3) is 2.97. The minimum Gasteiger partial charge on any atom is -0.399 e. The van der Waals surface area contributed by atoms with Gasteiger partial charge in [0, 0.05) is 25.6 Å². The normalized spacial score (nSPS) is 10.5. The summed E-state index contributed by atoms with van der Waals surface area (Å²) in [7, 11) is 0. The van der Waals surface area contributed by atoms with Gasteiger partial charge >= 0.3 is 0 Å². The van der Waals surface area contributed by atoms with Crippen molar-refractivity contribution in [3.8, 4) is 0 Å². The fourth-order valence-electron chi connectivity index (χ4n) is 1.32. The zero-order chi connectivity index (χ0) is 12.4. The molecule has 2 rings (SSSR count). The maximum atomic E-state index is 5.84. The molecular weight excluding hydrogens is 364 g/mol. The van der Waals surface area contributed by atoms with Crippen LogP contribution in [0, 0.1) is 0 Å². The van der Waals surface area contributed by atoms with Gasteiger partial charge in [0.25, 0.3) is 0 Å². The summed E-state index contributed by atoms with van der Waals surface area (Å²) in [5.74, 6) is 0. The van der Waals surface area contributed by atoms with Crippen LogP contribution in [-0.2, 0) is 0 Å². The first-order valence-corrected chi connectivity index (χ1v) is 7.25. The molecule has 0 fully saturated rings. The van der Waals surface area contributed by atoms with Crippen molar-refractivity contribution in [2.45, 2.75) is 9.79 Å². The van der Waals surface area contributed by atoms with Gasteiger partial charge < -0.3 is 11.5 Å². The van der Waals surface area contributed by atoms with Crippen molar-refractivity contribution >= 4 is 55.0 Å². The second-order valence-electron chi connectivity index (χ2n) is 3.45. The molecule has 2 aromatic carbocycles. The molecule has 0 aliphatic heterocycles. The zero-order valence-electron chi connectivity index (χ0n) is 8.78. The van der Waals surface area contributed by atoms with Crippen LogP contribution in [0.4, 0.5) is 11.4 Å². The van der Waals surface area contributed by atoms with Gasteiger partial charge in [-0.05, 0) is 62.2 Å². The summed E-state index contributed by atoms with van der Waals surface area (Å²) < 4.78 is 1.91.